The highest BCUT2D eigenvalue weighted by molar-refractivity contribution is 9.11. The van der Waals surface area contributed by atoms with Crippen molar-refractivity contribution in [3.8, 4) is 0 Å². The Hall–Kier alpha value is -0.0700. The Kier molecular flexibility index (Phi) is 2.91. The van der Waals surface area contributed by atoms with Crippen LogP contribution in [0.4, 0.5) is 8.78 Å². The van der Waals surface area contributed by atoms with E-state index in [0.717, 1.165) is 11.3 Å². The Morgan fingerprint density at radius 2 is 2.27 bits per heavy atom. The zero-order valence-corrected chi connectivity index (χ0v) is 7.57. The minimum absolute atomic E-state index is 0.0341. The minimum atomic E-state index is -2.77. The molecule has 2 nitrogen and oxygen atoms in total. The third kappa shape index (κ3) is 2.18. The van der Waals surface area contributed by atoms with E-state index in [4.69, 9.17) is 5.11 Å². The van der Waals surface area contributed by atoms with E-state index in [-0.39, 0.29) is 5.01 Å². The summed E-state index contributed by atoms with van der Waals surface area (Å²) >= 11 is 4.05. The van der Waals surface area contributed by atoms with Gasteiger partial charge in [0.2, 0.25) is 0 Å². The highest BCUT2D eigenvalue weighted by Crippen LogP contribution is 2.27. The van der Waals surface area contributed by atoms with E-state index < -0.39 is 12.5 Å². The van der Waals surface area contributed by atoms with Gasteiger partial charge >= 0.3 is 0 Å². The second kappa shape index (κ2) is 3.55. The number of aliphatic hydroxyl groups is 1. The van der Waals surface area contributed by atoms with E-state index in [2.05, 4.69) is 20.9 Å². The predicted octanol–water partition coefficient (Wildman–Crippen LogP) is 2.20. The van der Waals surface area contributed by atoms with Gasteiger partial charge in [-0.15, -0.1) is 11.3 Å². The molecule has 0 aliphatic rings. The maximum Gasteiger partial charge on any atom is 0.270 e. The molecule has 6 heteroatoms. The zero-order valence-electron chi connectivity index (χ0n) is 5.17. The van der Waals surface area contributed by atoms with Gasteiger partial charge in [-0.1, -0.05) is 0 Å². The topological polar surface area (TPSA) is 33.1 Å². The van der Waals surface area contributed by atoms with Crippen LogP contribution in [0.3, 0.4) is 0 Å². The summed E-state index contributed by atoms with van der Waals surface area (Å²) in [5, 5.41) is 8.82. The number of rotatable bonds is 2. The van der Waals surface area contributed by atoms with Crippen LogP contribution in [0.1, 0.15) is 11.1 Å². The van der Waals surface area contributed by atoms with E-state index in [9.17, 15) is 8.78 Å². The van der Waals surface area contributed by atoms with E-state index in [1.54, 1.807) is 0 Å². The first kappa shape index (κ1) is 9.02. The van der Waals surface area contributed by atoms with Gasteiger partial charge in [-0.05, 0) is 15.9 Å². The number of nitrogens with zero attached hydrogens (tertiary/aromatic N) is 1. The van der Waals surface area contributed by atoms with E-state index >= 15 is 0 Å². The van der Waals surface area contributed by atoms with Gasteiger partial charge in [0.1, 0.15) is 5.01 Å². The Bertz CT molecular complexity index is 242. The lowest BCUT2D eigenvalue weighted by Crippen LogP contribution is -2.06. The SMILES string of the molecule is OC(c1ncc(Br)s1)C(F)F. The summed E-state index contributed by atoms with van der Waals surface area (Å²) in [5.41, 5.74) is 0. The van der Waals surface area contributed by atoms with Gasteiger partial charge in [0.15, 0.2) is 6.10 Å². The van der Waals surface area contributed by atoms with Gasteiger partial charge in [0.05, 0.1) is 9.98 Å². The molecule has 0 saturated carbocycles. The summed E-state index contributed by atoms with van der Waals surface area (Å²) in [5.74, 6) is 0. The molecule has 1 aromatic rings. The second-order valence-corrected chi connectivity index (χ2v) is 4.22. The largest absolute Gasteiger partial charge is 0.380 e. The lowest BCUT2D eigenvalue weighted by Gasteiger charge is -2.03. The molecule has 0 spiro atoms. The molecule has 62 valence electrons. The van der Waals surface area contributed by atoms with E-state index in [0.29, 0.717) is 3.79 Å². The average Bonchev–Trinajstić information content (AvgIpc) is 2.34. The lowest BCUT2D eigenvalue weighted by molar-refractivity contribution is -0.00588. The molecule has 1 heterocycles. The molecule has 0 radical (unpaired) electrons. The Labute approximate surface area is 74.0 Å². The number of alkyl halides is 2. The average molecular weight is 244 g/mol. The normalized spacial score (nSPS) is 13.9. The zero-order chi connectivity index (χ0) is 8.43. The van der Waals surface area contributed by atoms with Crippen molar-refractivity contribution < 1.29 is 13.9 Å². The molecular weight excluding hydrogens is 240 g/mol. The molecule has 1 aromatic heterocycles. The Morgan fingerprint density at radius 3 is 2.64 bits per heavy atom. The van der Waals surface area contributed by atoms with Crippen LogP contribution in [0.2, 0.25) is 0 Å². The van der Waals surface area contributed by atoms with Crippen LogP contribution in [0.5, 0.6) is 0 Å². The van der Waals surface area contributed by atoms with Crippen molar-refractivity contribution in [2.75, 3.05) is 0 Å². The van der Waals surface area contributed by atoms with Crippen LogP contribution in [-0.2, 0) is 0 Å². The molecule has 0 fully saturated rings. The molecule has 1 unspecified atom stereocenters. The first-order valence-corrected chi connectivity index (χ1v) is 4.29. The molecule has 1 N–H and O–H groups in total. The summed E-state index contributed by atoms with van der Waals surface area (Å²) in [6, 6.07) is 0. The van der Waals surface area contributed by atoms with Crippen molar-refractivity contribution >= 4 is 27.3 Å². The predicted molar refractivity (Wildman–Crippen MR) is 40.8 cm³/mol. The molecule has 0 amide bonds. The van der Waals surface area contributed by atoms with Crippen LogP contribution >= 0.6 is 27.3 Å². The quantitative estimate of drug-likeness (QED) is 0.865. The highest BCUT2D eigenvalue weighted by Gasteiger charge is 2.21. The maximum atomic E-state index is 11.8. The summed E-state index contributed by atoms with van der Waals surface area (Å²) in [4.78, 5) is 3.58. The van der Waals surface area contributed by atoms with Crippen molar-refractivity contribution in [3.05, 3.63) is 15.0 Å². The fourth-order valence-electron chi connectivity index (χ4n) is 0.511. The number of hydrogen-bond acceptors (Lipinski definition) is 3. The van der Waals surface area contributed by atoms with Crippen molar-refractivity contribution in [2.45, 2.75) is 12.5 Å². The molecule has 0 aromatic carbocycles. The van der Waals surface area contributed by atoms with Gasteiger partial charge < -0.3 is 5.11 Å². The van der Waals surface area contributed by atoms with Gasteiger partial charge in [-0.2, -0.15) is 0 Å². The van der Waals surface area contributed by atoms with Gasteiger partial charge in [-0.3, -0.25) is 0 Å². The fraction of sp³-hybridized carbons (Fsp3) is 0.400. The van der Waals surface area contributed by atoms with Crippen LogP contribution in [0.15, 0.2) is 9.98 Å². The van der Waals surface area contributed by atoms with Gasteiger partial charge in [0, 0.05) is 0 Å². The molecule has 0 aliphatic carbocycles. The van der Waals surface area contributed by atoms with Crippen LogP contribution in [0.25, 0.3) is 0 Å². The third-order valence-electron chi connectivity index (χ3n) is 0.987. The standard InChI is InChI=1S/C5H4BrF2NOS/c6-2-1-9-5(11-2)3(10)4(7)8/h1,3-4,10H. The van der Waals surface area contributed by atoms with E-state index in [1.165, 1.54) is 6.20 Å². The number of hydrogen-bond donors (Lipinski definition) is 1. The van der Waals surface area contributed by atoms with Crippen LogP contribution in [-0.4, -0.2) is 16.5 Å². The Balaban J connectivity index is 2.76. The van der Waals surface area contributed by atoms with Gasteiger partial charge in [-0.25, -0.2) is 13.8 Å². The molecule has 0 aliphatic heterocycles. The molecule has 1 atom stereocenters. The number of aliphatic hydroxyl groups excluding tert-OH is 1. The second-order valence-electron chi connectivity index (χ2n) is 1.78. The summed E-state index contributed by atoms with van der Waals surface area (Å²) in [6.45, 7) is 0. The summed E-state index contributed by atoms with van der Waals surface area (Å²) in [6.07, 6.45) is -3.15. The molecule has 0 bridgehead atoms. The molecule has 11 heavy (non-hydrogen) atoms. The first-order valence-electron chi connectivity index (χ1n) is 2.68. The number of thiazole rings is 1. The van der Waals surface area contributed by atoms with Gasteiger partial charge in [0.25, 0.3) is 6.43 Å². The van der Waals surface area contributed by atoms with E-state index in [1.807, 2.05) is 0 Å². The smallest absolute Gasteiger partial charge is 0.270 e. The summed E-state index contributed by atoms with van der Waals surface area (Å²) in [7, 11) is 0. The van der Waals surface area contributed by atoms with Crippen molar-refractivity contribution in [1.82, 2.24) is 4.98 Å². The fourth-order valence-corrected chi connectivity index (χ4v) is 1.75. The first-order chi connectivity index (χ1) is 5.11. The van der Waals surface area contributed by atoms with Crippen LogP contribution < -0.4 is 0 Å². The third-order valence-corrected chi connectivity index (χ3v) is 2.53. The minimum Gasteiger partial charge on any atom is -0.380 e. The van der Waals surface area contributed by atoms with Crippen molar-refractivity contribution in [2.24, 2.45) is 0 Å². The molecule has 0 saturated heterocycles. The molecule has 1 rings (SSSR count). The number of halogens is 3. The van der Waals surface area contributed by atoms with Crippen molar-refractivity contribution in [1.29, 1.82) is 0 Å². The van der Waals surface area contributed by atoms with Crippen LogP contribution in [0, 0.1) is 0 Å². The van der Waals surface area contributed by atoms with Crippen molar-refractivity contribution in [3.63, 3.8) is 0 Å². The lowest BCUT2D eigenvalue weighted by atomic mass is 10.4. The maximum absolute atomic E-state index is 11.8. The number of aromatic nitrogens is 1. The monoisotopic (exact) mass is 243 g/mol. The highest BCUT2D eigenvalue weighted by atomic mass is 79.9. The molecular formula is C5H4BrF2NOS. The Morgan fingerprint density at radius 1 is 1.64 bits per heavy atom. The summed E-state index contributed by atoms with van der Waals surface area (Å²) < 4.78 is 24.3.